The highest BCUT2D eigenvalue weighted by molar-refractivity contribution is 4.42. The Hall–Kier alpha value is -0.0800. The first-order valence-electron chi connectivity index (χ1n) is 3.27. The third-order valence-electron chi connectivity index (χ3n) is 0.987. The molecular formula is C6H15N2. The summed E-state index contributed by atoms with van der Waals surface area (Å²) in [4.78, 5) is 0. The molecule has 2 heteroatoms. The molecule has 0 saturated heterocycles. The molecule has 0 aliphatic rings. The van der Waals surface area contributed by atoms with Crippen molar-refractivity contribution < 1.29 is 0 Å². The smallest absolute Gasteiger partial charge is 0.0142 e. The topological polar surface area (TPSA) is 27.0 Å². The van der Waals surface area contributed by atoms with Gasteiger partial charge in [0.05, 0.1) is 0 Å². The van der Waals surface area contributed by atoms with E-state index in [0.717, 1.165) is 25.9 Å². The van der Waals surface area contributed by atoms with E-state index >= 15 is 0 Å². The molecule has 0 aromatic heterocycles. The summed E-state index contributed by atoms with van der Waals surface area (Å²) in [5, 5.41) is 1.61. The molecule has 0 fully saturated rings. The third kappa shape index (κ3) is 4.09. The lowest BCUT2D eigenvalue weighted by Gasteiger charge is -2.10. The predicted octanol–water partition coefficient (Wildman–Crippen LogP) is 1.31. The van der Waals surface area contributed by atoms with E-state index in [1.165, 1.54) is 0 Å². The highest BCUT2D eigenvalue weighted by atomic mass is 15.4. The van der Waals surface area contributed by atoms with Gasteiger partial charge in [-0.05, 0) is 12.8 Å². The molecule has 0 bridgehead atoms. The van der Waals surface area contributed by atoms with Gasteiger partial charge in [0, 0.05) is 13.1 Å². The summed E-state index contributed by atoms with van der Waals surface area (Å²) in [6, 6.07) is 0. The Bertz CT molecular complexity index is 39.8. The first-order valence-corrected chi connectivity index (χ1v) is 3.27. The number of nitrogens with one attached hydrogen (secondary N) is 1. The highest BCUT2D eigenvalue weighted by Gasteiger charge is 1.91. The maximum absolute atomic E-state index is 7.21. The van der Waals surface area contributed by atoms with E-state index in [1.807, 2.05) is 0 Å². The fourth-order valence-corrected chi connectivity index (χ4v) is 0.652. The average Bonchev–Trinajstić information content (AvgIpc) is 1.68. The molecule has 0 rings (SSSR count). The normalized spacial score (nSPS) is 10.5. The molecule has 0 saturated carbocycles. The van der Waals surface area contributed by atoms with Gasteiger partial charge in [-0.1, -0.05) is 13.8 Å². The second-order valence-electron chi connectivity index (χ2n) is 1.99. The number of hydrogen-bond acceptors (Lipinski definition) is 1. The lowest BCUT2D eigenvalue weighted by molar-refractivity contribution is 0.267. The Morgan fingerprint density at radius 1 is 1.12 bits per heavy atom. The molecule has 0 spiro atoms. The highest BCUT2D eigenvalue weighted by Crippen LogP contribution is 1.85. The molecule has 1 N–H and O–H groups in total. The Morgan fingerprint density at radius 3 is 1.75 bits per heavy atom. The van der Waals surface area contributed by atoms with Crippen molar-refractivity contribution in [2.75, 3.05) is 13.1 Å². The average molecular weight is 115 g/mol. The van der Waals surface area contributed by atoms with Gasteiger partial charge in [-0.25, -0.2) is 5.01 Å². The van der Waals surface area contributed by atoms with E-state index in [0.29, 0.717) is 0 Å². The van der Waals surface area contributed by atoms with Crippen LogP contribution in [0.25, 0.3) is 0 Å². The van der Waals surface area contributed by atoms with Crippen molar-refractivity contribution in [2.24, 2.45) is 0 Å². The number of rotatable bonds is 4. The minimum Gasteiger partial charge on any atom is -0.230 e. The van der Waals surface area contributed by atoms with Crippen LogP contribution < -0.4 is 5.84 Å². The summed E-state index contributed by atoms with van der Waals surface area (Å²) in [6.45, 7) is 6.01. The molecule has 8 heavy (non-hydrogen) atoms. The quantitative estimate of drug-likeness (QED) is 0.507. The first kappa shape index (κ1) is 7.92. The first-order chi connectivity index (χ1) is 3.81. The Labute approximate surface area is 51.6 Å². The fraction of sp³-hybridized carbons (Fsp3) is 1.00. The van der Waals surface area contributed by atoms with E-state index in [9.17, 15) is 0 Å². The second-order valence-corrected chi connectivity index (χ2v) is 1.99. The van der Waals surface area contributed by atoms with Crippen LogP contribution in [-0.2, 0) is 0 Å². The molecule has 0 atom stereocenters. The SMILES string of the molecule is CCCN([NH])CCC. The van der Waals surface area contributed by atoms with E-state index in [2.05, 4.69) is 13.8 Å². The summed E-state index contributed by atoms with van der Waals surface area (Å²) >= 11 is 0. The van der Waals surface area contributed by atoms with Gasteiger partial charge in [0.25, 0.3) is 0 Å². The van der Waals surface area contributed by atoms with E-state index < -0.39 is 0 Å². The van der Waals surface area contributed by atoms with Crippen LogP contribution >= 0.6 is 0 Å². The molecule has 2 nitrogen and oxygen atoms in total. The van der Waals surface area contributed by atoms with Crippen molar-refractivity contribution in [3.8, 4) is 0 Å². The van der Waals surface area contributed by atoms with Gasteiger partial charge in [-0.15, -0.1) is 0 Å². The monoisotopic (exact) mass is 115 g/mol. The largest absolute Gasteiger partial charge is 0.230 e. The molecular weight excluding hydrogens is 100 g/mol. The van der Waals surface area contributed by atoms with Crippen molar-refractivity contribution in [3.63, 3.8) is 0 Å². The van der Waals surface area contributed by atoms with Crippen LogP contribution in [0, 0.1) is 0 Å². The minimum atomic E-state index is 0.911. The zero-order valence-corrected chi connectivity index (χ0v) is 5.78. The van der Waals surface area contributed by atoms with Gasteiger partial charge in [0.1, 0.15) is 0 Å². The van der Waals surface area contributed by atoms with Gasteiger partial charge in [-0.2, -0.15) is 5.84 Å². The van der Waals surface area contributed by atoms with Gasteiger partial charge < -0.3 is 0 Å². The van der Waals surface area contributed by atoms with Gasteiger partial charge in [-0.3, -0.25) is 0 Å². The van der Waals surface area contributed by atoms with E-state index in [1.54, 1.807) is 5.01 Å². The van der Waals surface area contributed by atoms with Gasteiger partial charge in [0.2, 0.25) is 0 Å². The number of nitrogens with zero attached hydrogens (tertiary/aromatic N) is 1. The zero-order chi connectivity index (χ0) is 6.41. The standard InChI is InChI=1S/C6H15N2/c1-3-5-8(7)6-4-2/h7H,3-6H2,1-2H3. The Kier molecular flexibility index (Phi) is 5.01. The fourth-order valence-electron chi connectivity index (χ4n) is 0.652. The van der Waals surface area contributed by atoms with Crippen LogP contribution in [0.4, 0.5) is 0 Å². The minimum absolute atomic E-state index is 0.911. The molecule has 0 amide bonds. The van der Waals surface area contributed by atoms with E-state index in [4.69, 9.17) is 5.84 Å². The lowest BCUT2D eigenvalue weighted by atomic mass is 10.4. The van der Waals surface area contributed by atoms with Crippen molar-refractivity contribution >= 4 is 0 Å². The van der Waals surface area contributed by atoms with Crippen LogP contribution in [0.1, 0.15) is 26.7 Å². The maximum Gasteiger partial charge on any atom is 0.0142 e. The molecule has 1 radical (unpaired) electrons. The van der Waals surface area contributed by atoms with Crippen LogP contribution in [0.5, 0.6) is 0 Å². The summed E-state index contributed by atoms with van der Waals surface area (Å²) < 4.78 is 0. The maximum atomic E-state index is 7.21. The summed E-state index contributed by atoms with van der Waals surface area (Å²) in [5.41, 5.74) is 0. The van der Waals surface area contributed by atoms with Crippen LogP contribution in [0.15, 0.2) is 0 Å². The molecule has 0 aliphatic carbocycles. The molecule has 49 valence electrons. The molecule has 0 unspecified atom stereocenters. The van der Waals surface area contributed by atoms with Crippen molar-refractivity contribution in [1.82, 2.24) is 10.9 Å². The van der Waals surface area contributed by atoms with Crippen LogP contribution in [0.2, 0.25) is 0 Å². The van der Waals surface area contributed by atoms with Crippen molar-refractivity contribution in [1.29, 1.82) is 0 Å². The summed E-state index contributed by atoms with van der Waals surface area (Å²) in [7, 11) is 0. The predicted molar refractivity (Wildman–Crippen MR) is 35.3 cm³/mol. The molecule has 0 heterocycles. The molecule has 0 aromatic carbocycles. The van der Waals surface area contributed by atoms with Crippen molar-refractivity contribution in [2.45, 2.75) is 26.7 Å². The van der Waals surface area contributed by atoms with Crippen LogP contribution in [0.3, 0.4) is 0 Å². The third-order valence-corrected chi connectivity index (χ3v) is 0.987. The Morgan fingerprint density at radius 2 is 1.50 bits per heavy atom. The van der Waals surface area contributed by atoms with Gasteiger partial charge >= 0.3 is 0 Å². The van der Waals surface area contributed by atoms with Crippen molar-refractivity contribution in [3.05, 3.63) is 0 Å². The summed E-state index contributed by atoms with van der Waals surface area (Å²) in [5.74, 6) is 7.21. The summed E-state index contributed by atoms with van der Waals surface area (Å²) in [6.07, 6.45) is 2.17. The Balaban J connectivity index is 2.92. The molecule has 0 aromatic rings. The van der Waals surface area contributed by atoms with Crippen LogP contribution in [-0.4, -0.2) is 18.1 Å². The zero-order valence-electron chi connectivity index (χ0n) is 5.78. The van der Waals surface area contributed by atoms with Gasteiger partial charge in [0.15, 0.2) is 0 Å². The van der Waals surface area contributed by atoms with E-state index in [-0.39, 0.29) is 0 Å². The second kappa shape index (κ2) is 5.06. The molecule has 0 aliphatic heterocycles. The lowest BCUT2D eigenvalue weighted by Crippen LogP contribution is -2.22. The number of hydrogen-bond donors (Lipinski definition) is 0.